The Hall–Kier alpha value is -2.04. The zero-order chi connectivity index (χ0) is 18.1. The van der Waals surface area contributed by atoms with Crippen molar-refractivity contribution in [1.29, 1.82) is 0 Å². The second-order valence-electron chi connectivity index (χ2n) is 6.62. The van der Waals surface area contributed by atoms with Crippen LogP contribution in [0, 0.1) is 0 Å². The van der Waals surface area contributed by atoms with E-state index >= 15 is 0 Å². The van der Waals surface area contributed by atoms with Gasteiger partial charge in [-0.05, 0) is 50.5 Å². The minimum Gasteiger partial charge on any atom is -0.494 e. The molecule has 1 atom stereocenters. The number of rotatable bonds is 8. The molecule has 138 valence electrons. The number of hydrogen-bond acceptors (Lipinski definition) is 4. The summed E-state index contributed by atoms with van der Waals surface area (Å²) in [5.41, 5.74) is 0.417. The number of carbonyl (C=O) groups is 2. The van der Waals surface area contributed by atoms with E-state index in [-0.39, 0.29) is 11.9 Å². The van der Waals surface area contributed by atoms with Crippen molar-refractivity contribution in [2.75, 3.05) is 6.61 Å². The van der Waals surface area contributed by atoms with Crippen LogP contribution >= 0.6 is 0 Å². The summed E-state index contributed by atoms with van der Waals surface area (Å²) in [6.45, 7) is 4.38. The fraction of sp³-hybridized carbons (Fsp3) is 0.600. The highest BCUT2D eigenvalue weighted by Gasteiger charge is 2.22. The first-order valence-electron chi connectivity index (χ1n) is 9.34. The maximum atomic E-state index is 12.2. The van der Waals surface area contributed by atoms with Gasteiger partial charge in [0.05, 0.1) is 12.2 Å². The van der Waals surface area contributed by atoms with Crippen LogP contribution in [0.3, 0.4) is 0 Å². The third kappa shape index (κ3) is 6.40. The first-order valence-corrected chi connectivity index (χ1v) is 9.34. The zero-order valence-electron chi connectivity index (χ0n) is 15.3. The van der Waals surface area contributed by atoms with Crippen molar-refractivity contribution in [1.82, 2.24) is 5.32 Å². The predicted molar refractivity (Wildman–Crippen MR) is 96.7 cm³/mol. The Kier molecular flexibility index (Phi) is 7.76. The minimum atomic E-state index is -0.796. The van der Waals surface area contributed by atoms with E-state index in [0.29, 0.717) is 12.2 Å². The topological polar surface area (TPSA) is 64.6 Å². The van der Waals surface area contributed by atoms with Crippen molar-refractivity contribution >= 4 is 11.9 Å². The molecule has 0 spiro atoms. The standard InChI is InChI=1S/C20H29NO4/c1-3-4-14-24-18-12-10-16(11-13-18)20(23)25-15(2)19(22)21-17-8-6-5-7-9-17/h10-13,15,17H,3-9,14H2,1-2H3,(H,21,22). The van der Waals surface area contributed by atoms with E-state index < -0.39 is 12.1 Å². The second kappa shape index (κ2) is 10.1. The number of amides is 1. The Balaban J connectivity index is 1.80. The smallest absolute Gasteiger partial charge is 0.338 e. The molecule has 1 unspecified atom stereocenters. The Morgan fingerprint density at radius 3 is 2.48 bits per heavy atom. The lowest BCUT2D eigenvalue weighted by atomic mass is 9.95. The van der Waals surface area contributed by atoms with Crippen LogP contribution < -0.4 is 10.1 Å². The average Bonchev–Trinajstić information content (AvgIpc) is 2.63. The van der Waals surface area contributed by atoms with Crippen LogP contribution in [0.15, 0.2) is 24.3 Å². The molecule has 5 heteroatoms. The van der Waals surface area contributed by atoms with Crippen LogP contribution in [0.2, 0.25) is 0 Å². The van der Waals surface area contributed by atoms with E-state index in [1.165, 1.54) is 6.42 Å². The molecule has 0 saturated heterocycles. The number of carbonyl (C=O) groups excluding carboxylic acids is 2. The van der Waals surface area contributed by atoms with Gasteiger partial charge in [-0.15, -0.1) is 0 Å². The van der Waals surface area contributed by atoms with Gasteiger partial charge in [0.25, 0.3) is 5.91 Å². The van der Waals surface area contributed by atoms with Gasteiger partial charge in [-0.1, -0.05) is 32.6 Å². The van der Waals surface area contributed by atoms with Gasteiger partial charge in [0, 0.05) is 6.04 Å². The van der Waals surface area contributed by atoms with Crippen molar-refractivity contribution in [3.05, 3.63) is 29.8 Å². The van der Waals surface area contributed by atoms with Gasteiger partial charge < -0.3 is 14.8 Å². The molecule has 1 N–H and O–H groups in total. The van der Waals surface area contributed by atoms with Gasteiger partial charge in [-0.25, -0.2) is 4.79 Å². The molecule has 1 aromatic rings. The van der Waals surface area contributed by atoms with Crippen molar-refractivity contribution in [2.45, 2.75) is 70.9 Å². The van der Waals surface area contributed by atoms with Crippen LogP contribution in [0.5, 0.6) is 5.75 Å². The fourth-order valence-corrected chi connectivity index (χ4v) is 2.87. The van der Waals surface area contributed by atoms with Crippen LogP contribution in [0.4, 0.5) is 0 Å². The van der Waals surface area contributed by atoms with Gasteiger partial charge in [0.2, 0.25) is 0 Å². The van der Waals surface area contributed by atoms with E-state index in [9.17, 15) is 9.59 Å². The first kappa shape index (κ1) is 19.3. The molecule has 0 bridgehead atoms. The molecule has 1 amide bonds. The average molecular weight is 347 g/mol. The van der Waals surface area contributed by atoms with Gasteiger partial charge in [0.1, 0.15) is 5.75 Å². The SMILES string of the molecule is CCCCOc1ccc(C(=O)OC(C)C(=O)NC2CCCCC2)cc1. The molecular formula is C20H29NO4. The Morgan fingerprint density at radius 2 is 1.84 bits per heavy atom. The maximum Gasteiger partial charge on any atom is 0.338 e. The summed E-state index contributed by atoms with van der Waals surface area (Å²) in [5.74, 6) is 0.0132. The molecule has 1 aliphatic carbocycles. The lowest BCUT2D eigenvalue weighted by Crippen LogP contribution is -2.42. The number of esters is 1. The van der Waals surface area contributed by atoms with Crippen molar-refractivity contribution in [2.24, 2.45) is 0 Å². The van der Waals surface area contributed by atoms with E-state index in [2.05, 4.69) is 12.2 Å². The predicted octanol–water partition coefficient (Wildman–Crippen LogP) is 3.86. The summed E-state index contributed by atoms with van der Waals surface area (Å²) < 4.78 is 10.9. The zero-order valence-corrected chi connectivity index (χ0v) is 15.3. The lowest BCUT2D eigenvalue weighted by molar-refractivity contribution is -0.130. The van der Waals surface area contributed by atoms with E-state index in [0.717, 1.165) is 44.3 Å². The summed E-state index contributed by atoms with van der Waals surface area (Å²) in [4.78, 5) is 24.4. The first-order chi connectivity index (χ1) is 12.1. The Labute approximate surface area is 150 Å². The Morgan fingerprint density at radius 1 is 1.16 bits per heavy atom. The number of ether oxygens (including phenoxy) is 2. The number of hydrogen-bond donors (Lipinski definition) is 1. The molecule has 0 aromatic heterocycles. The molecule has 5 nitrogen and oxygen atoms in total. The second-order valence-corrected chi connectivity index (χ2v) is 6.62. The quantitative estimate of drug-likeness (QED) is 0.573. The van der Waals surface area contributed by atoms with E-state index in [4.69, 9.17) is 9.47 Å². The van der Waals surface area contributed by atoms with Gasteiger partial charge in [0.15, 0.2) is 6.10 Å². The van der Waals surface area contributed by atoms with E-state index in [1.54, 1.807) is 31.2 Å². The Bertz CT molecular complexity index is 549. The molecule has 1 aromatic carbocycles. The van der Waals surface area contributed by atoms with Crippen molar-refractivity contribution < 1.29 is 19.1 Å². The molecule has 0 aliphatic heterocycles. The van der Waals surface area contributed by atoms with Crippen LogP contribution in [0.25, 0.3) is 0 Å². The molecule has 1 fully saturated rings. The number of unbranched alkanes of at least 4 members (excludes halogenated alkanes) is 1. The van der Waals surface area contributed by atoms with Crippen molar-refractivity contribution in [3.63, 3.8) is 0 Å². The lowest BCUT2D eigenvalue weighted by Gasteiger charge is -2.24. The summed E-state index contributed by atoms with van der Waals surface area (Å²) in [5, 5.41) is 2.98. The highest BCUT2D eigenvalue weighted by molar-refractivity contribution is 5.92. The monoisotopic (exact) mass is 347 g/mol. The van der Waals surface area contributed by atoms with Crippen molar-refractivity contribution in [3.8, 4) is 5.75 Å². The molecule has 1 saturated carbocycles. The minimum absolute atomic E-state index is 0.210. The molecular weight excluding hydrogens is 318 g/mol. The molecule has 0 heterocycles. The van der Waals surface area contributed by atoms with Crippen LogP contribution in [-0.2, 0) is 9.53 Å². The van der Waals surface area contributed by atoms with Crippen LogP contribution in [0.1, 0.15) is 69.2 Å². The summed E-state index contributed by atoms with van der Waals surface area (Å²) in [6, 6.07) is 7.03. The third-order valence-electron chi connectivity index (χ3n) is 4.46. The fourth-order valence-electron chi connectivity index (χ4n) is 2.87. The third-order valence-corrected chi connectivity index (χ3v) is 4.46. The van der Waals surface area contributed by atoms with Gasteiger partial charge in [-0.3, -0.25) is 4.79 Å². The van der Waals surface area contributed by atoms with Gasteiger partial charge in [-0.2, -0.15) is 0 Å². The normalized spacial score (nSPS) is 16.1. The summed E-state index contributed by atoms with van der Waals surface area (Å²) >= 11 is 0. The van der Waals surface area contributed by atoms with E-state index in [1.807, 2.05) is 0 Å². The summed E-state index contributed by atoms with van der Waals surface area (Å²) in [7, 11) is 0. The highest BCUT2D eigenvalue weighted by atomic mass is 16.5. The molecule has 0 radical (unpaired) electrons. The van der Waals surface area contributed by atoms with Crippen LogP contribution in [-0.4, -0.2) is 30.6 Å². The molecule has 1 aliphatic rings. The molecule has 2 rings (SSSR count). The summed E-state index contributed by atoms with van der Waals surface area (Å²) in [6.07, 6.45) is 6.81. The number of benzene rings is 1. The maximum absolute atomic E-state index is 12.2. The van der Waals surface area contributed by atoms with Gasteiger partial charge >= 0.3 is 5.97 Å². The highest BCUT2D eigenvalue weighted by Crippen LogP contribution is 2.18. The largest absolute Gasteiger partial charge is 0.494 e. The number of nitrogens with one attached hydrogen (secondary N) is 1. The molecule has 25 heavy (non-hydrogen) atoms.